The van der Waals surface area contributed by atoms with Crippen LogP contribution in [0.3, 0.4) is 0 Å². The molecule has 0 radical (unpaired) electrons. The molecule has 3 heteroatoms. The third-order valence-corrected chi connectivity index (χ3v) is 3.78. The Bertz CT molecular complexity index is 588. The number of hydrogen-bond donors (Lipinski definition) is 1. The highest BCUT2D eigenvalue weighted by molar-refractivity contribution is 6.31. The van der Waals surface area contributed by atoms with Crippen molar-refractivity contribution in [3.8, 4) is 0 Å². The molecule has 0 fully saturated rings. The molecule has 2 nitrogen and oxygen atoms in total. The Hall–Kier alpha value is -1.51. The summed E-state index contributed by atoms with van der Waals surface area (Å²) in [5.74, 6) is 0. The molecule has 0 saturated carbocycles. The first-order valence-corrected chi connectivity index (χ1v) is 7.19. The van der Waals surface area contributed by atoms with E-state index in [4.69, 9.17) is 17.3 Å². The third-order valence-electron chi connectivity index (χ3n) is 3.43. The Kier molecular flexibility index (Phi) is 4.69. The van der Waals surface area contributed by atoms with E-state index in [1.165, 1.54) is 16.8 Å². The van der Waals surface area contributed by atoms with Crippen LogP contribution in [0.2, 0.25) is 5.02 Å². The van der Waals surface area contributed by atoms with Crippen LogP contribution >= 0.6 is 11.6 Å². The summed E-state index contributed by atoms with van der Waals surface area (Å²) in [7, 11) is 2.06. The van der Waals surface area contributed by atoms with Crippen LogP contribution in [-0.4, -0.2) is 13.6 Å². The largest absolute Gasteiger partial charge is 0.345 e. The lowest BCUT2D eigenvalue weighted by atomic mass is 10.1. The summed E-state index contributed by atoms with van der Waals surface area (Å²) in [6, 6.07) is 12.7. The molecule has 0 heterocycles. The van der Waals surface area contributed by atoms with Gasteiger partial charge in [0.1, 0.15) is 0 Å². The summed E-state index contributed by atoms with van der Waals surface area (Å²) in [5.41, 5.74) is 11.5. The lowest BCUT2D eigenvalue weighted by molar-refractivity contribution is 0.968. The van der Waals surface area contributed by atoms with Gasteiger partial charge in [0.2, 0.25) is 0 Å². The SMILES string of the molecule is Cc1cc(C)cc(N(C)c2ccc(CCN)c(Cl)c2)c1. The number of rotatable bonds is 4. The van der Waals surface area contributed by atoms with Gasteiger partial charge in [0, 0.05) is 23.4 Å². The van der Waals surface area contributed by atoms with E-state index < -0.39 is 0 Å². The number of benzene rings is 2. The van der Waals surface area contributed by atoms with Crippen molar-refractivity contribution in [3.63, 3.8) is 0 Å². The van der Waals surface area contributed by atoms with Gasteiger partial charge in [0.25, 0.3) is 0 Å². The van der Waals surface area contributed by atoms with Crippen molar-refractivity contribution in [1.82, 2.24) is 0 Å². The maximum atomic E-state index is 6.32. The molecule has 2 N–H and O–H groups in total. The normalized spacial score (nSPS) is 10.7. The predicted molar refractivity (Wildman–Crippen MR) is 88.2 cm³/mol. The molecule has 2 rings (SSSR count). The van der Waals surface area contributed by atoms with Gasteiger partial charge in [0.15, 0.2) is 0 Å². The lowest BCUT2D eigenvalue weighted by Gasteiger charge is -2.21. The Morgan fingerprint density at radius 3 is 2.20 bits per heavy atom. The van der Waals surface area contributed by atoms with Gasteiger partial charge in [-0.1, -0.05) is 23.7 Å². The van der Waals surface area contributed by atoms with Crippen LogP contribution in [-0.2, 0) is 6.42 Å². The number of nitrogens with two attached hydrogens (primary N) is 1. The average Bonchev–Trinajstić information content (AvgIpc) is 2.39. The van der Waals surface area contributed by atoms with Gasteiger partial charge in [-0.25, -0.2) is 0 Å². The third kappa shape index (κ3) is 3.33. The van der Waals surface area contributed by atoms with Gasteiger partial charge >= 0.3 is 0 Å². The first kappa shape index (κ1) is 14.9. The Morgan fingerprint density at radius 2 is 1.65 bits per heavy atom. The highest BCUT2D eigenvalue weighted by Crippen LogP contribution is 2.29. The summed E-state index contributed by atoms with van der Waals surface area (Å²) >= 11 is 6.32. The van der Waals surface area contributed by atoms with E-state index in [0.717, 1.165) is 22.7 Å². The molecular weight excluding hydrogens is 268 g/mol. The quantitative estimate of drug-likeness (QED) is 0.912. The average molecular weight is 289 g/mol. The zero-order chi connectivity index (χ0) is 14.7. The molecule has 0 aliphatic carbocycles. The van der Waals surface area contributed by atoms with Gasteiger partial charge in [-0.3, -0.25) is 0 Å². The van der Waals surface area contributed by atoms with Crippen LogP contribution in [0.5, 0.6) is 0 Å². The monoisotopic (exact) mass is 288 g/mol. The minimum Gasteiger partial charge on any atom is -0.345 e. The van der Waals surface area contributed by atoms with Crippen LogP contribution in [0.25, 0.3) is 0 Å². The van der Waals surface area contributed by atoms with Crippen molar-refractivity contribution < 1.29 is 0 Å². The fraction of sp³-hybridized carbons (Fsp3) is 0.294. The molecule has 20 heavy (non-hydrogen) atoms. The molecular formula is C17H21ClN2. The molecule has 0 aliphatic heterocycles. The molecule has 0 amide bonds. The summed E-state index contributed by atoms with van der Waals surface area (Å²) < 4.78 is 0. The van der Waals surface area contributed by atoms with Gasteiger partial charge in [0.05, 0.1) is 0 Å². The topological polar surface area (TPSA) is 29.3 Å². The number of anilines is 2. The Morgan fingerprint density at radius 1 is 1.00 bits per heavy atom. The van der Waals surface area contributed by atoms with Gasteiger partial charge < -0.3 is 10.6 Å². The first-order valence-electron chi connectivity index (χ1n) is 6.82. The van der Waals surface area contributed by atoms with E-state index in [0.29, 0.717) is 6.54 Å². The highest BCUT2D eigenvalue weighted by atomic mass is 35.5. The molecule has 0 unspecified atom stereocenters. The second kappa shape index (κ2) is 6.29. The molecule has 0 spiro atoms. The van der Waals surface area contributed by atoms with Crippen molar-refractivity contribution in [1.29, 1.82) is 0 Å². The second-order valence-electron chi connectivity index (χ2n) is 5.22. The Labute approximate surface area is 126 Å². The number of nitrogens with zero attached hydrogens (tertiary/aromatic N) is 1. The van der Waals surface area contributed by atoms with Crippen molar-refractivity contribution in [2.75, 3.05) is 18.5 Å². The minimum atomic E-state index is 0.617. The zero-order valence-electron chi connectivity index (χ0n) is 12.3. The van der Waals surface area contributed by atoms with Crippen molar-refractivity contribution in [2.24, 2.45) is 5.73 Å². The highest BCUT2D eigenvalue weighted by Gasteiger charge is 2.08. The standard InChI is InChI=1S/C17H21ClN2/c1-12-8-13(2)10-16(9-12)20(3)15-5-4-14(6-7-19)17(18)11-15/h4-5,8-11H,6-7,19H2,1-3H3. The predicted octanol–water partition coefficient (Wildman–Crippen LogP) is 4.23. The second-order valence-corrected chi connectivity index (χ2v) is 5.63. The van der Waals surface area contributed by atoms with E-state index >= 15 is 0 Å². The van der Waals surface area contributed by atoms with E-state index in [1.807, 2.05) is 6.07 Å². The molecule has 0 aromatic heterocycles. The molecule has 0 bridgehead atoms. The van der Waals surface area contributed by atoms with Crippen LogP contribution < -0.4 is 10.6 Å². The smallest absolute Gasteiger partial charge is 0.0459 e. The molecule has 0 saturated heterocycles. The van der Waals surface area contributed by atoms with Gasteiger partial charge in [-0.05, 0) is 67.8 Å². The van der Waals surface area contributed by atoms with Crippen molar-refractivity contribution >= 4 is 23.0 Å². The van der Waals surface area contributed by atoms with Crippen LogP contribution in [0.1, 0.15) is 16.7 Å². The molecule has 0 aliphatic rings. The molecule has 106 valence electrons. The van der Waals surface area contributed by atoms with E-state index in [-0.39, 0.29) is 0 Å². The maximum Gasteiger partial charge on any atom is 0.0459 e. The fourth-order valence-electron chi connectivity index (χ4n) is 2.40. The number of halogens is 1. The summed E-state index contributed by atoms with van der Waals surface area (Å²) in [6.45, 7) is 4.84. The van der Waals surface area contributed by atoms with E-state index in [2.05, 4.69) is 56.1 Å². The van der Waals surface area contributed by atoms with Crippen LogP contribution in [0.4, 0.5) is 11.4 Å². The number of aryl methyl sites for hydroxylation is 2. The van der Waals surface area contributed by atoms with E-state index in [9.17, 15) is 0 Å². The van der Waals surface area contributed by atoms with Gasteiger partial charge in [-0.2, -0.15) is 0 Å². The fourth-order valence-corrected chi connectivity index (χ4v) is 2.67. The molecule has 2 aromatic carbocycles. The van der Waals surface area contributed by atoms with E-state index in [1.54, 1.807) is 0 Å². The maximum absolute atomic E-state index is 6.32. The van der Waals surface area contributed by atoms with Gasteiger partial charge in [-0.15, -0.1) is 0 Å². The summed E-state index contributed by atoms with van der Waals surface area (Å²) in [4.78, 5) is 2.15. The summed E-state index contributed by atoms with van der Waals surface area (Å²) in [6.07, 6.45) is 0.812. The van der Waals surface area contributed by atoms with Crippen LogP contribution in [0.15, 0.2) is 36.4 Å². The summed E-state index contributed by atoms with van der Waals surface area (Å²) in [5, 5.41) is 0.782. The van der Waals surface area contributed by atoms with Crippen molar-refractivity contribution in [2.45, 2.75) is 20.3 Å². The first-order chi connectivity index (χ1) is 9.51. The molecule has 0 atom stereocenters. The molecule has 2 aromatic rings. The number of hydrogen-bond acceptors (Lipinski definition) is 2. The Balaban J connectivity index is 2.33. The van der Waals surface area contributed by atoms with Crippen LogP contribution in [0, 0.1) is 13.8 Å². The zero-order valence-corrected chi connectivity index (χ0v) is 13.0. The van der Waals surface area contributed by atoms with Crippen molar-refractivity contribution in [3.05, 3.63) is 58.1 Å². The lowest BCUT2D eigenvalue weighted by Crippen LogP contribution is -2.10. The minimum absolute atomic E-state index is 0.617.